The highest BCUT2D eigenvalue weighted by Crippen LogP contribution is 2.28. The Morgan fingerprint density at radius 1 is 1.16 bits per heavy atom. The molecular formula is C22H38N4O4S. The number of nitrogen functional groups attached to an aromatic ring is 1. The number of carbonyl (C=O) groups is 2. The number of hydrogen-bond donors (Lipinski definition) is 4. The highest BCUT2D eigenvalue weighted by Gasteiger charge is 2.20. The molecule has 2 atom stereocenters. The van der Waals surface area contributed by atoms with Crippen molar-refractivity contribution in [2.75, 3.05) is 32.5 Å². The molecule has 5 N–H and O–H groups in total. The number of ether oxygens (including phenoxy) is 1. The fourth-order valence-corrected chi connectivity index (χ4v) is 4.01. The Hall–Kier alpha value is -1.97. The first-order valence-electron chi connectivity index (χ1n) is 10.8. The molecule has 0 radical (unpaired) electrons. The number of alkyl carbamates (subject to hydrolysis) is 1. The van der Waals surface area contributed by atoms with Gasteiger partial charge >= 0.3 is 6.09 Å². The van der Waals surface area contributed by atoms with Gasteiger partial charge in [0.15, 0.2) is 0 Å². The molecule has 31 heavy (non-hydrogen) atoms. The number of nitrogens with two attached hydrogens (primary N) is 1. The van der Waals surface area contributed by atoms with Crippen LogP contribution in [0.15, 0.2) is 29.2 Å². The van der Waals surface area contributed by atoms with Crippen LogP contribution in [-0.4, -0.2) is 60.3 Å². The van der Waals surface area contributed by atoms with Crippen molar-refractivity contribution in [3.05, 3.63) is 24.3 Å². The first kappa shape index (κ1) is 27.1. The zero-order chi connectivity index (χ0) is 23.2. The molecule has 0 aliphatic carbocycles. The Morgan fingerprint density at radius 2 is 1.84 bits per heavy atom. The summed E-state index contributed by atoms with van der Waals surface area (Å²) in [4.78, 5) is 24.0. The van der Waals surface area contributed by atoms with E-state index < -0.39 is 6.09 Å². The molecule has 1 aromatic rings. The van der Waals surface area contributed by atoms with E-state index in [9.17, 15) is 14.7 Å². The van der Waals surface area contributed by atoms with Crippen molar-refractivity contribution in [2.24, 2.45) is 5.92 Å². The van der Waals surface area contributed by atoms with Crippen LogP contribution in [0.2, 0.25) is 0 Å². The van der Waals surface area contributed by atoms with Crippen molar-refractivity contribution in [1.82, 2.24) is 14.9 Å². The molecule has 9 heteroatoms. The molecule has 1 rings (SSSR count). The second-order valence-corrected chi connectivity index (χ2v) is 9.19. The summed E-state index contributed by atoms with van der Waals surface area (Å²) in [6, 6.07) is 7.76. The van der Waals surface area contributed by atoms with E-state index in [1.165, 1.54) is 7.11 Å². The monoisotopic (exact) mass is 454 g/mol. The lowest BCUT2D eigenvalue weighted by Gasteiger charge is -2.30. The van der Waals surface area contributed by atoms with Gasteiger partial charge in [-0.25, -0.2) is 9.10 Å². The second kappa shape index (κ2) is 14.9. The van der Waals surface area contributed by atoms with Gasteiger partial charge in [-0.3, -0.25) is 4.79 Å². The summed E-state index contributed by atoms with van der Waals surface area (Å²) in [6.45, 7) is 7.16. The van der Waals surface area contributed by atoms with E-state index in [4.69, 9.17) is 5.73 Å². The van der Waals surface area contributed by atoms with Gasteiger partial charge in [-0.05, 0) is 74.7 Å². The van der Waals surface area contributed by atoms with Gasteiger partial charge in [0.1, 0.15) is 6.54 Å². The molecule has 2 amide bonds. The molecule has 0 saturated heterocycles. The van der Waals surface area contributed by atoms with Gasteiger partial charge < -0.3 is 26.2 Å². The van der Waals surface area contributed by atoms with Crippen LogP contribution >= 0.6 is 11.9 Å². The van der Waals surface area contributed by atoms with Crippen LogP contribution < -0.4 is 16.4 Å². The lowest BCUT2D eigenvalue weighted by atomic mass is 10.1. The maximum atomic E-state index is 11.9. The molecule has 176 valence electrons. The second-order valence-electron chi connectivity index (χ2n) is 8.06. The van der Waals surface area contributed by atoms with E-state index in [1.807, 2.05) is 31.2 Å². The summed E-state index contributed by atoms with van der Waals surface area (Å²) in [5.74, 6) is 0.316. The van der Waals surface area contributed by atoms with Crippen LogP contribution in [0.4, 0.5) is 10.5 Å². The number of nitrogens with zero attached hydrogens (tertiary/aromatic N) is 1. The SMILES string of the molecule is COC(=O)NCC(=O)NC(C)CCCC(CO)N(CCC(C)C)Sc1ccc(N)cc1. The summed E-state index contributed by atoms with van der Waals surface area (Å²) in [5, 5.41) is 15.3. The average molecular weight is 455 g/mol. The minimum atomic E-state index is -0.631. The van der Waals surface area contributed by atoms with Crippen LogP contribution in [0.1, 0.15) is 46.5 Å². The van der Waals surface area contributed by atoms with Crippen molar-refractivity contribution in [3.8, 4) is 0 Å². The maximum absolute atomic E-state index is 11.9. The summed E-state index contributed by atoms with van der Waals surface area (Å²) >= 11 is 1.65. The van der Waals surface area contributed by atoms with Gasteiger partial charge in [-0.1, -0.05) is 13.8 Å². The lowest BCUT2D eigenvalue weighted by molar-refractivity contribution is -0.120. The van der Waals surface area contributed by atoms with E-state index >= 15 is 0 Å². The average Bonchev–Trinajstić information content (AvgIpc) is 2.74. The largest absolute Gasteiger partial charge is 0.453 e. The molecule has 0 aliphatic rings. The molecule has 1 aromatic carbocycles. The topological polar surface area (TPSA) is 117 Å². The van der Waals surface area contributed by atoms with Crippen molar-refractivity contribution in [1.29, 1.82) is 0 Å². The van der Waals surface area contributed by atoms with Gasteiger partial charge in [0.2, 0.25) is 5.91 Å². The van der Waals surface area contributed by atoms with E-state index in [0.29, 0.717) is 5.92 Å². The number of carbonyl (C=O) groups excluding carboxylic acids is 2. The minimum absolute atomic E-state index is 0.0187. The quantitative estimate of drug-likeness (QED) is 0.252. The van der Waals surface area contributed by atoms with E-state index in [2.05, 4.69) is 33.5 Å². The molecule has 0 heterocycles. The molecule has 0 fully saturated rings. The summed E-state index contributed by atoms with van der Waals surface area (Å²) < 4.78 is 6.71. The Balaban J connectivity index is 2.54. The Labute approximate surface area is 190 Å². The minimum Gasteiger partial charge on any atom is -0.453 e. The first-order valence-corrected chi connectivity index (χ1v) is 11.5. The zero-order valence-electron chi connectivity index (χ0n) is 19.1. The molecule has 0 saturated carbocycles. The van der Waals surface area contributed by atoms with E-state index in [-0.39, 0.29) is 31.1 Å². The molecule has 0 spiro atoms. The van der Waals surface area contributed by atoms with Crippen molar-refractivity contribution < 1.29 is 19.4 Å². The third-order valence-corrected chi connectivity index (χ3v) is 6.01. The number of nitrogens with one attached hydrogen (secondary N) is 2. The van der Waals surface area contributed by atoms with Gasteiger partial charge in [0, 0.05) is 29.2 Å². The maximum Gasteiger partial charge on any atom is 0.407 e. The molecule has 0 aromatic heterocycles. The van der Waals surface area contributed by atoms with Crippen molar-refractivity contribution >= 4 is 29.6 Å². The van der Waals surface area contributed by atoms with Crippen LogP contribution in [-0.2, 0) is 9.53 Å². The fraction of sp³-hybridized carbons (Fsp3) is 0.636. The number of rotatable bonds is 14. The molecule has 8 nitrogen and oxygen atoms in total. The number of aliphatic hydroxyl groups is 1. The number of amides is 2. The number of benzene rings is 1. The third kappa shape index (κ3) is 11.9. The Kier molecular flexibility index (Phi) is 13.0. The van der Waals surface area contributed by atoms with Crippen molar-refractivity contribution in [3.63, 3.8) is 0 Å². The van der Waals surface area contributed by atoms with Crippen LogP contribution in [0.5, 0.6) is 0 Å². The van der Waals surface area contributed by atoms with Gasteiger partial charge in [0.25, 0.3) is 0 Å². The predicted molar refractivity (Wildman–Crippen MR) is 126 cm³/mol. The first-order chi connectivity index (χ1) is 14.7. The Bertz CT molecular complexity index is 657. The summed E-state index contributed by atoms with van der Waals surface area (Å²) in [7, 11) is 1.25. The molecule has 0 bridgehead atoms. The van der Waals surface area contributed by atoms with Crippen LogP contribution in [0, 0.1) is 5.92 Å². The van der Waals surface area contributed by atoms with Gasteiger partial charge in [0.05, 0.1) is 13.7 Å². The van der Waals surface area contributed by atoms with E-state index in [0.717, 1.165) is 42.8 Å². The summed E-state index contributed by atoms with van der Waals surface area (Å²) in [6.07, 6.45) is 2.87. The highest BCUT2D eigenvalue weighted by atomic mass is 32.2. The predicted octanol–water partition coefficient (Wildman–Crippen LogP) is 3.02. The molecular weight excluding hydrogens is 416 g/mol. The number of aliphatic hydroxyl groups excluding tert-OH is 1. The normalized spacial score (nSPS) is 13.1. The van der Waals surface area contributed by atoms with Crippen molar-refractivity contribution in [2.45, 2.75) is 63.4 Å². The van der Waals surface area contributed by atoms with Gasteiger partial charge in [-0.15, -0.1) is 0 Å². The third-order valence-electron chi connectivity index (χ3n) is 4.81. The smallest absolute Gasteiger partial charge is 0.407 e. The summed E-state index contributed by atoms with van der Waals surface area (Å²) in [5.41, 5.74) is 6.52. The zero-order valence-corrected chi connectivity index (χ0v) is 19.9. The van der Waals surface area contributed by atoms with Crippen LogP contribution in [0.3, 0.4) is 0 Å². The fourth-order valence-electron chi connectivity index (χ4n) is 2.96. The van der Waals surface area contributed by atoms with E-state index in [1.54, 1.807) is 11.9 Å². The number of anilines is 1. The van der Waals surface area contributed by atoms with Gasteiger partial charge in [-0.2, -0.15) is 0 Å². The molecule has 0 aliphatic heterocycles. The Morgan fingerprint density at radius 3 is 2.42 bits per heavy atom. The standard InChI is InChI=1S/C22H38N4O4S/c1-16(2)12-13-26(31-20-10-8-18(23)9-11-20)19(15-27)7-5-6-17(3)25-21(28)14-24-22(29)30-4/h8-11,16-17,19,27H,5-7,12-15,23H2,1-4H3,(H,24,29)(H,25,28). The number of methoxy groups -OCH3 is 1. The highest BCUT2D eigenvalue weighted by molar-refractivity contribution is 7.97. The number of hydrogen-bond acceptors (Lipinski definition) is 7. The van der Waals surface area contributed by atoms with Crippen LogP contribution in [0.25, 0.3) is 0 Å². The molecule has 2 unspecified atom stereocenters. The lowest BCUT2D eigenvalue weighted by Crippen LogP contribution is -2.41.